The summed E-state index contributed by atoms with van der Waals surface area (Å²) < 4.78 is 4.77. The molecule has 0 aliphatic rings. The van der Waals surface area contributed by atoms with Crippen molar-refractivity contribution >= 4 is 18.6 Å². The predicted molar refractivity (Wildman–Crippen MR) is 53.4 cm³/mol. The van der Waals surface area contributed by atoms with Crippen molar-refractivity contribution < 1.29 is 9.53 Å². The SMILES string of the molecule is C=CCOC(=O)CC(S)CC=C. The summed E-state index contributed by atoms with van der Waals surface area (Å²) in [4.78, 5) is 10.9. The lowest BCUT2D eigenvalue weighted by Gasteiger charge is -2.06. The standard InChI is InChI=1S/C9H14O2S/c1-3-5-8(12)7-9(10)11-6-4-2/h3-4,8,12H,1-2,5-7H2. The summed E-state index contributed by atoms with van der Waals surface area (Å²) in [6.45, 7) is 7.26. The molecule has 0 aromatic carbocycles. The smallest absolute Gasteiger partial charge is 0.307 e. The van der Waals surface area contributed by atoms with Gasteiger partial charge in [-0.25, -0.2) is 0 Å². The van der Waals surface area contributed by atoms with Crippen LogP contribution in [0.5, 0.6) is 0 Å². The van der Waals surface area contributed by atoms with Crippen LogP contribution < -0.4 is 0 Å². The van der Waals surface area contributed by atoms with Crippen molar-refractivity contribution in [3.05, 3.63) is 25.3 Å². The van der Waals surface area contributed by atoms with E-state index in [9.17, 15) is 4.79 Å². The molecule has 12 heavy (non-hydrogen) atoms. The minimum absolute atomic E-state index is 0.0137. The fourth-order valence-corrected chi connectivity index (χ4v) is 0.977. The van der Waals surface area contributed by atoms with Gasteiger partial charge in [-0.2, -0.15) is 12.6 Å². The van der Waals surface area contributed by atoms with Gasteiger partial charge in [0.15, 0.2) is 0 Å². The molecule has 0 aliphatic heterocycles. The molecule has 0 radical (unpaired) electrons. The lowest BCUT2D eigenvalue weighted by Crippen LogP contribution is -2.11. The van der Waals surface area contributed by atoms with Crippen LogP contribution in [0.25, 0.3) is 0 Å². The van der Waals surface area contributed by atoms with Gasteiger partial charge in [-0.1, -0.05) is 18.7 Å². The Hall–Kier alpha value is -0.700. The number of carbonyl (C=O) groups excluding carboxylic acids is 1. The molecule has 2 nitrogen and oxygen atoms in total. The molecule has 3 heteroatoms. The van der Waals surface area contributed by atoms with E-state index in [0.717, 1.165) is 0 Å². The van der Waals surface area contributed by atoms with E-state index in [1.807, 2.05) is 0 Å². The first-order valence-electron chi connectivity index (χ1n) is 3.76. The number of carbonyl (C=O) groups is 1. The van der Waals surface area contributed by atoms with Crippen LogP contribution in [0.4, 0.5) is 0 Å². The van der Waals surface area contributed by atoms with Gasteiger partial charge in [0.25, 0.3) is 0 Å². The average molecular weight is 186 g/mol. The Morgan fingerprint density at radius 3 is 2.67 bits per heavy atom. The Morgan fingerprint density at radius 2 is 2.17 bits per heavy atom. The molecule has 68 valence electrons. The fraction of sp³-hybridized carbons (Fsp3) is 0.444. The third-order valence-corrected chi connectivity index (χ3v) is 1.60. The Kier molecular flexibility index (Phi) is 6.57. The van der Waals surface area contributed by atoms with Crippen molar-refractivity contribution in [2.24, 2.45) is 0 Å². The van der Waals surface area contributed by atoms with Crippen LogP contribution in [-0.4, -0.2) is 17.8 Å². The number of allylic oxidation sites excluding steroid dienone is 1. The van der Waals surface area contributed by atoms with Gasteiger partial charge < -0.3 is 4.74 Å². The monoisotopic (exact) mass is 186 g/mol. The van der Waals surface area contributed by atoms with E-state index in [1.54, 1.807) is 12.2 Å². The van der Waals surface area contributed by atoms with Crippen LogP contribution in [0.1, 0.15) is 12.8 Å². The molecule has 0 saturated carbocycles. The summed E-state index contributed by atoms with van der Waals surface area (Å²) in [6, 6.07) is 0. The van der Waals surface area contributed by atoms with Gasteiger partial charge in [0, 0.05) is 5.25 Å². The third-order valence-electron chi connectivity index (χ3n) is 1.20. The first-order valence-corrected chi connectivity index (χ1v) is 4.27. The lowest BCUT2D eigenvalue weighted by atomic mass is 10.2. The van der Waals surface area contributed by atoms with Gasteiger partial charge in [-0.3, -0.25) is 4.79 Å². The molecule has 1 atom stereocenters. The first kappa shape index (κ1) is 11.3. The summed E-state index contributed by atoms with van der Waals surface area (Å²) in [5, 5.41) is 0.0137. The van der Waals surface area contributed by atoms with E-state index >= 15 is 0 Å². The summed E-state index contributed by atoms with van der Waals surface area (Å²) in [5.74, 6) is -0.239. The topological polar surface area (TPSA) is 26.3 Å². The molecule has 0 fully saturated rings. The Morgan fingerprint density at radius 1 is 1.50 bits per heavy atom. The average Bonchev–Trinajstić information content (AvgIpc) is 2.01. The third kappa shape index (κ3) is 6.04. The van der Waals surface area contributed by atoms with Crippen LogP contribution in [0.15, 0.2) is 25.3 Å². The van der Waals surface area contributed by atoms with Crippen molar-refractivity contribution in [3.8, 4) is 0 Å². The van der Waals surface area contributed by atoms with Crippen LogP contribution in [0.3, 0.4) is 0 Å². The van der Waals surface area contributed by atoms with Crippen molar-refractivity contribution in [2.45, 2.75) is 18.1 Å². The molecule has 0 aromatic heterocycles. The molecule has 0 amide bonds. The summed E-state index contributed by atoms with van der Waals surface area (Å²) in [5.41, 5.74) is 0. The van der Waals surface area contributed by atoms with Gasteiger partial charge in [0.2, 0.25) is 0 Å². The second-order valence-electron chi connectivity index (χ2n) is 2.35. The Bertz CT molecular complexity index is 166. The summed E-state index contributed by atoms with van der Waals surface area (Å²) >= 11 is 4.17. The number of esters is 1. The number of hydrogen-bond acceptors (Lipinski definition) is 3. The van der Waals surface area contributed by atoms with Crippen molar-refractivity contribution in [2.75, 3.05) is 6.61 Å². The highest BCUT2D eigenvalue weighted by molar-refractivity contribution is 7.81. The molecule has 0 rings (SSSR count). The zero-order valence-electron chi connectivity index (χ0n) is 7.03. The zero-order valence-corrected chi connectivity index (χ0v) is 7.93. The highest BCUT2D eigenvalue weighted by atomic mass is 32.1. The number of ether oxygens (including phenoxy) is 1. The maximum absolute atomic E-state index is 10.9. The number of hydrogen-bond donors (Lipinski definition) is 1. The van der Waals surface area contributed by atoms with Crippen LogP contribution >= 0.6 is 12.6 Å². The van der Waals surface area contributed by atoms with E-state index in [-0.39, 0.29) is 17.8 Å². The molecule has 0 heterocycles. The molecule has 1 unspecified atom stereocenters. The Labute approximate surface area is 78.7 Å². The van der Waals surface area contributed by atoms with Gasteiger partial charge in [-0.15, -0.1) is 6.58 Å². The van der Waals surface area contributed by atoms with E-state index in [4.69, 9.17) is 4.74 Å². The first-order chi connectivity index (χ1) is 5.70. The van der Waals surface area contributed by atoms with Crippen molar-refractivity contribution in [3.63, 3.8) is 0 Å². The normalized spacial score (nSPS) is 11.8. The van der Waals surface area contributed by atoms with Gasteiger partial charge in [0.05, 0.1) is 6.42 Å². The molecule has 0 N–H and O–H groups in total. The van der Waals surface area contributed by atoms with E-state index in [2.05, 4.69) is 25.8 Å². The van der Waals surface area contributed by atoms with Crippen molar-refractivity contribution in [1.29, 1.82) is 0 Å². The maximum atomic E-state index is 10.9. The summed E-state index contributed by atoms with van der Waals surface area (Å²) in [7, 11) is 0. The zero-order chi connectivity index (χ0) is 9.40. The summed E-state index contributed by atoms with van der Waals surface area (Å²) in [6.07, 6.45) is 4.31. The van der Waals surface area contributed by atoms with Crippen LogP contribution in [0.2, 0.25) is 0 Å². The van der Waals surface area contributed by atoms with Gasteiger partial charge in [0.1, 0.15) is 6.61 Å². The lowest BCUT2D eigenvalue weighted by molar-refractivity contribution is -0.142. The minimum atomic E-state index is -0.239. The van der Waals surface area contributed by atoms with E-state index in [0.29, 0.717) is 12.8 Å². The fourth-order valence-electron chi connectivity index (χ4n) is 0.679. The van der Waals surface area contributed by atoms with E-state index in [1.165, 1.54) is 0 Å². The highest BCUT2D eigenvalue weighted by Crippen LogP contribution is 2.07. The molecular weight excluding hydrogens is 172 g/mol. The quantitative estimate of drug-likeness (QED) is 0.390. The number of thiol groups is 1. The second-order valence-corrected chi connectivity index (χ2v) is 3.08. The van der Waals surface area contributed by atoms with E-state index < -0.39 is 0 Å². The molecule has 0 spiro atoms. The minimum Gasteiger partial charge on any atom is -0.461 e. The molecule has 0 bridgehead atoms. The van der Waals surface area contributed by atoms with Crippen molar-refractivity contribution in [1.82, 2.24) is 0 Å². The predicted octanol–water partition coefficient (Wildman–Crippen LogP) is 1.98. The molecule has 0 aromatic rings. The van der Waals surface area contributed by atoms with Crippen LogP contribution in [0, 0.1) is 0 Å². The largest absolute Gasteiger partial charge is 0.461 e. The maximum Gasteiger partial charge on any atom is 0.307 e. The molecule has 0 aliphatic carbocycles. The second kappa shape index (κ2) is 6.98. The highest BCUT2D eigenvalue weighted by Gasteiger charge is 2.08. The molecular formula is C9H14O2S. The van der Waals surface area contributed by atoms with Gasteiger partial charge >= 0.3 is 5.97 Å². The van der Waals surface area contributed by atoms with Gasteiger partial charge in [-0.05, 0) is 6.42 Å². The molecule has 0 saturated heterocycles. The van der Waals surface area contributed by atoms with Crippen LogP contribution in [-0.2, 0) is 9.53 Å². The Balaban J connectivity index is 3.53. The number of rotatable bonds is 6.